The highest BCUT2D eigenvalue weighted by molar-refractivity contribution is 6.14. The first-order chi connectivity index (χ1) is 25.4. The molecule has 0 radical (unpaired) electrons. The molecule has 0 aliphatic carbocycles. The lowest BCUT2D eigenvalue weighted by molar-refractivity contribution is 1.17. The van der Waals surface area contributed by atoms with Crippen LogP contribution >= 0.6 is 0 Å². The van der Waals surface area contributed by atoms with Crippen molar-refractivity contribution in [3.8, 4) is 39.1 Å². The molecule has 9 N–H and O–H groups in total. The van der Waals surface area contributed by atoms with E-state index in [0.717, 1.165) is 83.9 Å². The zero-order valence-corrected chi connectivity index (χ0v) is 28.1. The summed E-state index contributed by atoms with van der Waals surface area (Å²) in [6, 6.07) is 41.7. The van der Waals surface area contributed by atoms with Gasteiger partial charge in [-0.15, -0.1) is 0 Å². The Labute approximate surface area is 300 Å². The maximum absolute atomic E-state index is 6.94. The number of aromatic nitrogens is 4. The number of para-hydroxylation sites is 5. The average Bonchev–Trinajstić information content (AvgIpc) is 3.95. The summed E-state index contributed by atoms with van der Waals surface area (Å²) in [6.45, 7) is 0. The number of hydrogen-bond acceptors (Lipinski definition) is 6. The van der Waals surface area contributed by atoms with Crippen LogP contribution in [0.4, 0.5) is 22.7 Å². The van der Waals surface area contributed by atoms with Crippen molar-refractivity contribution in [1.29, 1.82) is 0 Å². The van der Waals surface area contributed by atoms with E-state index in [0.29, 0.717) is 22.7 Å². The van der Waals surface area contributed by atoms with Crippen LogP contribution in [0.15, 0.2) is 127 Å². The van der Waals surface area contributed by atoms with Crippen LogP contribution in [0, 0.1) is 0 Å². The summed E-state index contributed by atoms with van der Waals surface area (Å²) in [5.74, 6) is 0. The Morgan fingerprint density at radius 1 is 0.442 bits per heavy atom. The molecule has 8 bridgehead atoms. The van der Waals surface area contributed by atoms with E-state index in [-0.39, 0.29) is 0 Å². The van der Waals surface area contributed by atoms with Gasteiger partial charge in [0.05, 0.1) is 45.2 Å². The maximum Gasteiger partial charge on any atom is 0.0738 e. The van der Waals surface area contributed by atoms with Gasteiger partial charge in [0.2, 0.25) is 0 Å². The van der Waals surface area contributed by atoms with E-state index >= 15 is 0 Å². The third kappa shape index (κ3) is 5.18. The standard InChI is InChI=1S/C44H34N8/c45-34-12-4-1-9-31(34)41-38-22-21-29(51-38)24-28-18-17-26(49-28)23-27-19-20-30(50-27)25-40-42(32-10-2-5-13-35(32)46)43(33-11-3-6-14-36(33)47)44(41)52(40)39-16-8-7-15-37(39)48/h1-25,49H,45-48H2. The molecule has 7 aromatic rings. The van der Waals surface area contributed by atoms with E-state index in [1.807, 2.05) is 146 Å². The number of nitrogen functional groups attached to an aromatic ring is 4. The van der Waals surface area contributed by atoms with Crippen molar-refractivity contribution in [2.75, 3.05) is 22.9 Å². The van der Waals surface area contributed by atoms with Crippen LogP contribution in [0.3, 0.4) is 0 Å². The summed E-state index contributed by atoms with van der Waals surface area (Å²) in [4.78, 5) is 13.8. The summed E-state index contributed by atoms with van der Waals surface area (Å²) in [5.41, 5.74) is 42.4. The van der Waals surface area contributed by atoms with E-state index in [9.17, 15) is 0 Å². The summed E-state index contributed by atoms with van der Waals surface area (Å²) in [5, 5.41) is 0. The molecule has 0 amide bonds. The molecule has 0 atom stereocenters. The number of nitrogens with one attached hydrogen (secondary N) is 1. The first-order valence-corrected chi connectivity index (χ1v) is 17.0. The highest BCUT2D eigenvalue weighted by Crippen LogP contribution is 2.50. The van der Waals surface area contributed by atoms with Gasteiger partial charge in [-0.05, 0) is 85.0 Å². The van der Waals surface area contributed by atoms with Gasteiger partial charge in [-0.3, -0.25) is 0 Å². The van der Waals surface area contributed by atoms with Gasteiger partial charge in [0.25, 0.3) is 0 Å². The number of hydrogen-bond donors (Lipinski definition) is 5. The lowest BCUT2D eigenvalue weighted by atomic mass is 9.91. The predicted octanol–water partition coefficient (Wildman–Crippen LogP) is 9.45. The number of aromatic amines is 1. The molecule has 5 heterocycles. The predicted molar refractivity (Wildman–Crippen MR) is 218 cm³/mol. The van der Waals surface area contributed by atoms with Crippen LogP contribution in [-0.4, -0.2) is 19.5 Å². The molecule has 4 aromatic carbocycles. The second-order valence-corrected chi connectivity index (χ2v) is 12.9. The average molecular weight is 675 g/mol. The van der Waals surface area contributed by atoms with Gasteiger partial charge in [0.15, 0.2) is 0 Å². The van der Waals surface area contributed by atoms with E-state index in [1.54, 1.807) is 0 Å². The molecule has 2 aliphatic rings. The first-order valence-electron chi connectivity index (χ1n) is 17.0. The molecule has 0 unspecified atom stereocenters. The molecular formula is C44H34N8. The topological polar surface area (TPSA) is 151 Å². The molecule has 52 heavy (non-hydrogen) atoms. The third-order valence-electron chi connectivity index (χ3n) is 9.54. The lowest BCUT2D eigenvalue weighted by Gasteiger charge is -2.16. The van der Waals surface area contributed by atoms with Crippen molar-refractivity contribution >= 4 is 69.1 Å². The summed E-state index contributed by atoms with van der Waals surface area (Å²) in [7, 11) is 0. The summed E-state index contributed by atoms with van der Waals surface area (Å²) in [6.07, 6.45) is 8.09. The van der Waals surface area contributed by atoms with Crippen molar-refractivity contribution < 1.29 is 0 Å². The van der Waals surface area contributed by atoms with Crippen molar-refractivity contribution in [1.82, 2.24) is 19.5 Å². The normalized spacial score (nSPS) is 12.0. The third-order valence-corrected chi connectivity index (χ3v) is 9.54. The zero-order chi connectivity index (χ0) is 35.3. The van der Waals surface area contributed by atoms with E-state index in [1.165, 1.54) is 0 Å². The van der Waals surface area contributed by atoms with Crippen molar-refractivity contribution in [2.24, 2.45) is 0 Å². The lowest BCUT2D eigenvalue weighted by Crippen LogP contribution is -2.02. The highest BCUT2D eigenvalue weighted by atomic mass is 15.0. The van der Waals surface area contributed by atoms with Crippen LogP contribution in [0.25, 0.3) is 85.4 Å². The van der Waals surface area contributed by atoms with E-state index < -0.39 is 0 Å². The van der Waals surface area contributed by atoms with Crippen LogP contribution in [-0.2, 0) is 0 Å². The first kappa shape index (κ1) is 30.7. The van der Waals surface area contributed by atoms with Crippen molar-refractivity contribution in [3.05, 3.63) is 150 Å². The molecule has 3 aromatic heterocycles. The van der Waals surface area contributed by atoms with Gasteiger partial charge in [0.1, 0.15) is 0 Å². The van der Waals surface area contributed by atoms with Crippen LogP contribution in [0.5, 0.6) is 0 Å². The van der Waals surface area contributed by atoms with Crippen LogP contribution in [0.2, 0.25) is 0 Å². The van der Waals surface area contributed by atoms with Crippen LogP contribution in [0.1, 0.15) is 22.8 Å². The maximum atomic E-state index is 6.94. The van der Waals surface area contributed by atoms with Gasteiger partial charge in [-0.25, -0.2) is 9.97 Å². The Bertz CT molecular complexity index is 2800. The number of benzene rings is 4. The molecule has 8 heteroatoms. The number of rotatable bonds is 4. The second-order valence-electron chi connectivity index (χ2n) is 12.9. The molecule has 9 rings (SSSR count). The Kier molecular flexibility index (Phi) is 7.22. The van der Waals surface area contributed by atoms with E-state index in [4.69, 9.17) is 32.9 Å². The Balaban J connectivity index is 1.66. The minimum Gasteiger partial charge on any atom is -0.398 e. The molecule has 0 spiro atoms. The van der Waals surface area contributed by atoms with Gasteiger partial charge >= 0.3 is 0 Å². The van der Waals surface area contributed by atoms with Gasteiger partial charge < -0.3 is 32.5 Å². The minimum atomic E-state index is 0.582. The van der Waals surface area contributed by atoms with E-state index in [2.05, 4.69) is 15.6 Å². The molecule has 0 saturated carbocycles. The molecule has 250 valence electrons. The second kappa shape index (κ2) is 12.2. The van der Waals surface area contributed by atoms with Crippen LogP contribution < -0.4 is 22.9 Å². The fraction of sp³-hybridized carbons (Fsp3) is 0. The molecular weight excluding hydrogens is 641 g/mol. The monoisotopic (exact) mass is 674 g/mol. The number of fused-ring (bicyclic) bond motifs is 8. The quantitative estimate of drug-likeness (QED) is 0.117. The Morgan fingerprint density at radius 2 is 0.923 bits per heavy atom. The summed E-state index contributed by atoms with van der Waals surface area (Å²) >= 11 is 0. The molecule has 0 saturated heterocycles. The van der Waals surface area contributed by atoms with Gasteiger partial charge in [0, 0.05) is 61.5 Å². The number of anilines is 4. The highest BCUT2D eigenvalue weighted by Gasteiger charge is 2.28. The largest absolute Gasteiger partial charge is 0.398 e. The fourth-order valence-corrected chi connectivity index (χ4v) is 7.21. The van der Waals surface area contributed by atoms with Crippen molar-refractivity contribution in [2.45, 2.75) is 0 Å². The molecule has 0 fully saturated rings. The number of H-pyrrole nitrogens is 1. The minimum absolute atomic E-state index is 0.582. The van der Waals surface area contributed by atoms with Gasteiger partial charge in [-0.2, -0.15) is 0 Å². The zero-order valence-electron chi connectivity index (χ0n) is 28.1. The molecule has 8 nitrogen and oxygen atoms in total. The number of nitrogens with two attached hydrogens (primary N) is 4. The fourth-order valence-electron chi connectivity index (χ4n) is 7.21. The Hall–Kier alpha value is -7.32. The SMILES string of the molecule is Nc1ccccc1-c1c(-c2ccccc2N)c2c(-c3ccccc3N)c3nc(cc4ccc(cc5nc(cc1n2-c1ccccc1N)C=C5)[nH]4)C=C3. The smallest absolute Gasteiger partial charge is 0.0738 e. The molecule has 2 aliphatic heterocycles. The van der Waals surface area contributed by atoms with Gasteiger partial charge in [-0.1, -0.05) is 66.7 Å². The van der Waals surface area contributed by atoms with Crippen molar-refractivity contribution in [3.63, 3.8) is 0 Å². The summed E-state index contributed by atoms with van der Waals surface area (Å²) < 4.78 is 2.19. The Morgan fingerprint density at radius 3 is 1.52 bits per heavy atom. The number of nitrogens with zero attached hydrogens (tertiary/aromatic N) is 3.